The minimum absolute atomic E-state index is 0.0969. The van der Waals surface area contributed by atoms with Crippen LogP contribution in [-0.4, -0.2) is 54.2 Å². The maximum absolute atomic E-state index is 8.82. The molecule has 0 unspecified atom stereocenters. The van der Waals surface area contributed by atoms with Gasteiger partial charge in [0, 0.05) is 13.1 Å². The average molecular weight is 313 g/mol. The smallest absolute Gasteiger partial charge is 0.224 e. The molecule has 0 bridgehead atoms. The lowest BCUT2D eigenvalue weighted by molar-refractivity contribution is 0.00583. The van der Waals surface area contributed by atoms with Crippen LogP contribution in [0.3, 0.4) is 0 Å². The molecule has 3 rings (SSSR count). The summed E-state index contributed by atoms with van der Waals surface area (Å²) in [5.41, 5.74) is 1.04. The number of anilines is 2. The minimum atomic E-state index is 0.0969. The standard InChI is InChI=1S/C14H21ClN4O2/c1-18-9-19(13-12(18)8-16-14(15)17-13)10-2-4-11(5-3-10)21-7-6-20/h8,10-11,20H,2-7,9H2,1H3. The molecule has 1 aromatic heterocycles. The van der Waals surface area contributed by atoms with Crippen LogP contribution in [0.15, 0.2) is 6.20 Å². The van der Waals surface area contributed by atoms with Gasteiger partial charge >= 0.3 is 0 Å². The number of rotatable bonds is 4. The number of ether oxygens (including phenoxy) is 1. The Labute approximate surface area is 129 Å². The molecule has 0 saturated heterocycles. The van der Waals surface area contributed by atoms with Crippen LogP contribution < -0.4 is 9.80 Å². The molecule has 21 heavy (non-hydrogen) atoms. The molecule has 1 aliphatic carbocycles. The monoisotopic (exact) mass is 312 g/mol. The summed E-state index contributed by atoms with van der Waals surface area (Å²) >= 11 is 5.94. The Kier molecular flexibility index (Phi) is 4.47. The topological polar surface area (TPSA) is 61.7 Å². The second-order valence-electron chi connectivity index (χ2n) is 5.68. The number of hydrogen-bond donors (Lipinski definition) is 1. The zero-order valence-corrected chi connectivity index (χ0v) is 13.0. The SMILES string of the molecule is CN1CN(C2CCC(OCCO)CC2)c2nc(Cl)ncc21. The quantitative estimate of drug-likeness (QED) is 0.853. The number of nitrogens with zero attached hydrogens (tertiary/aromatic N) is 4. The summed E-state index contributed by atoms with van der Waals surface area (Å²) < 4.78 is 5.63. The highest BCUT2D eigenvalue weighted by molar-refractivity contribution is 6.28. The van der Waals surface area contributed by atoms with Crippen molar-refractivity contribution in [2.75, 3.05) is 36.7 Å². The predicted molar refractivity (Wildman–Crippen MR) is 81.9 cm³/mol. The summed E-state index contributed by atoms with van der Waals surface area (Å²) in [6.45, 7) is 1.37. The average Bonchev–Trinajstić information content (AvgIpc) is 2.82. The van der Waals surface area contributed by atoms with Gasteiger partial charge in [-0.2, -0.15) is 4.98 Å². The van der Waals surface area contributed by atoms with E-state index in [9.17, 15) is 0 Å². The van der Waals surface area contributed by atoms with Crippen molar-refractivity contribution in [3.05, 3.63) is 11.5 Å². The highest BCUT2D eigenvalue weighted by Gasteiger charge is 2.33. The molecule has 1 fully saturated rings. The maximum Gasteiger partial charge on any atom is 0.224 e. The van der Waals surface area contributed by atoms with Crippen LogP contribution in [0.1, 0.15) is 25.7 Å². The van der Waals surface area contributed by atoms with Crippen molar-refractivity contribution in [2.24, 2.45) is 0 Å². The van der Waals surface area contributed by atoms with Crippen molar-refractivity contribution < 1.29 is 9.84 Å². The minimum Gasteiger partial charge on any atom is -0.394 e. The van der Waals surface area contributed by atoms with Crippen molar-refractivity contribution in [1.82, 2.24) is 9.97 Å². The van der Waals surface area contributed by atoms with Crippen molar-refractivity contribution in [2.45, 2.75) is 37.8 Å². The summed E-state index contributed by atoms with van der Waals surface area (Å²) in [6, 6.07) is 0.466. The van der Waals surface area contributed by atoms with Gasteiger partial charge in [0.15, 0.2) is 5.82 Å². The molecule has 1 saturated carbocycles. The van der Waals surface area contributed by atoms with E-state index in [1.54, 1.807) is 6.20 Å². The first kappa shape index (κ1) is 14.8. The third-order valence-electron chi connectivity index (χ3n) is 4.30. The molecular weight excluding hydrogens is 292 g/mol. The Balaban J connectivity index is 1.66. The summed E-state index contributed by atoms with van der Waals surface area (Å²) in [6.07, 6.45) is 6.27. The zero-order valence-electron chi connectivity index (χ0n) is 12.2. The van der Waals surface area contributed by atoms with Crippen molar-refractivity contribution in [1.29, 1.82) is 0 Å². The molecule has 2 heterocycles. The Morgan fingerprint density at radius 3 is 2.86 bits per heavy atom. The van der Waals surface area contributed by atoms with Crippen LogP contribution in [0, 0.1) is 0 Å². The summed E-state index contributed by atoms with van der Waals surface area (Å²) in [5, 5.41) is 9.12. The lowest BCUT2D eigenvalue weighted by Gasteiger charge is -2.35. The second kappa shape index (κ2) is 6.34. The fourth-order valence-corrected chi connectivity index (χ4v) is 3.36. The Hall–Kier alpha value is -1.11. The van der Waals surface area contributed by atoms with Gasteiger partial charge in [-0.05, 0) is 37.3 Å². The van der Waals surface area contributed by atoms with Crippen LogP contribution in [0.2, 0.25) is 5.28 Å². The lowest BCUT2D eigenvalue weighted by atomic mass is 9.92. The van der Waals surface area contributed by atoms with Crippen molar-refractivity contribution in [3.63, 3.8) is 0 Å². The van der Waals surface area contributed by atoms with Gasteiger partial charge in [-0.15, -0.1) is 0 Å². The van der Waals surface area contributed by atoms with Gasteiger partial charge in [-0.3, -0.25) is 0 Å². The Bertz CT molecular complexity index is 494. The molecule has 7 heteroatoms. The van der Waals surface area contributed by atoms with Crippen molar-refractivity contribution in [3.8, 4) is 0 Å². The largest absolute Gasteiger partial charge is 0.394 e. The summed E-state index contributed by atoms with van der Waals surface area (Å²) in [7, 11) is 2.05. The van der Waals surface area contributed by atoms with Crippen LogP contribution in [-0.2, 0) is 4.74 Å². The first-order chi connectivity index (χ1) is 10.2. The van der Waals surface area contributed by atoms with Gasteiger partial charge in [0.2, 0.25) is 5.28 Å². The van der Waals surface area contributed by atoms with E-state index in [2.05, 4.69) is 19.8 Å². The molecule has 0 aromatic carbocycles. The van der Waals surface area contributed by atoms with Gasteiger partial charge < -0.3 is 19.6 Å². The van der Waals surface area contributed by atoms with E-state index in [-0.39, 0.29) is 12.7 Å². The number of fused-ring (bicyclic) bond motifs is 1. The highest BCUT2D eigenvalue weighted by Crippen LogP contribution is 2.37. The fourth-order valence-electron chi connectivity index (χ4n) is 3.23. The number of aliphatic hydroxyl groups excluding tert-OH is 1. The molecule has 0 radical (unpaired) electrons. The first-order valence-corrected chi connectivity index (χ1v) is 7.79. The normalized spacial score (nSPS) is 25.3. The van der Waals surface area contributed by atoms with E-state index in [4.69, 9.17) is 21.4 Å². The third-order valence-corrected chi connectivity index (χ3v) is 4.48. The fraction of sp³-hybridized carbons (Fsp3) is 0.714. The Morgan fingerprint density at radius 2 is 2.14 bits per heavy atom. The summed E-state index contributed by atoms with van der Waals surface area (Å²) in [5.74, 6) is 0.942. The zero-order chi connectivity index (χ0) is 14.8. The van der Waals surface area contributed by atoms with Gasteiger partial charge in [0.25, 0.3) is 0 Å². The predicted octanol–water partition coefficient (Wildman–Crippen LogP) is 1.66. The van der Waals surface area contributed by atoms with E-state index in [1.807, 2.05) is 7.05 Å². The van der Waals surface area contributed by atoms with Gasteiger partial charge in [-0.1, -0.05) is 0 Å². The van der Waals surface area contributed by atoms with Gasteiger partial charge in [0.05, 0.1) is 37.9 Å². The van der Waals surface area contributed by atoms with Gasteiger partial charge in [-0.25, -0.2) is 4.98 Å². The molecule has 2 aliphatic rings. The van der Waals surface area contributed by atoms with E-state index in [0.29, 0.717) is 17.9 Å². The molecule has 1 aromatic rings. The molecule has 1 N–H and O–H groups in total. The molecular formula is C14H21ClN4O2. The molecule has 116 valence electrons. The van der Waals surface area contributed by atoms with E-state index in [0.717, 1.165) is 43.9 Å². The first-order valence-electron chi connectivity index (χ1n) is 7.42. The van der Waals surface area contributed by atoms with Crippen LogP contribution in [0.25, 0.3) is 0 Å². The van der Waals surface area contributed by atoms with Crippen LogP contribution >= 0.6 is 11.6 Å². The molecule has 0 spiro atoms. The molecule has 6 nitrogen and oxygen atoms in total. The number of aromatic nitrogens is 2. The lowest BCUT2D eigenvalue weighted by Crippen LogP contribution is -2.41. The third kappa shape index (κ3) is 3.07. The Morgan fingerprint density at radius 1 is 1.38 bits per heavy atom. The molecule has 0 amide bonds. The van der Waals surface area contributed by atoms with Crippen LogP contribution in [0.5, 0.6) is 0 Å². The molecule has 0 atom stereocenters. The van der Waals surface area contributed by atoms with Gasteiger partial charge in [0.1, 0.15) is 0 Å². The molecule has 1 aliphatic heterocycles. The van der Waals surface area contributed by atoms with E-state index < -0.39 is 0 Å². The van der Waals surface area contributed by atoms with Crippen molar-refractivity contribution >= 4 is 23.1 Å². The number of hydrogen-bond acceptors (Lipinski definition) is 6. The highest BCUT2D eigenvalue weighted by atomic mass is 35.5. The number of halogens is 1. The van der Waals surface area contributed by atoms with E-state index >= 15 is 0 Å². The van der Waals surface area contributed by atoms with E-state index in [1.165, 1.54) is 0 Å². The number of aliphatic hydroxyl groups is 1. The van der Waals surface area contributed by atoms with Crippen LogP contribution in [0.4, 0.5) is 11.5 Å². The second-order valence-corrected chi connectivity index (χ2v) is 6.02. The maximum atomic E-state index is 8.82. The summed E-state index contributed by atoms with van der Waals surface area (Å²) in [4.78, 5) is 12.9.